The van der Waals surface area contributed by atoms with Gasteiger partial charge >= 0.3 is 5.97 Å². The number of nitrogens with one attached hydrogen (secondary N) is 1. The van der Waals surface area contributed by atoms with Crippen LogP contribution in [0.15, 0.2) is 34.8 Å². The second-order valence-corrected chi connectivity index (χ2v) is 6.37. The summed E-state index contributed by atoms with van der Waals surface area (Å²) in [5.74, 6) is -3.49. The molecular weight excluding hydrogens is 341 g/mol. The minimum atomic E-state index is -0.969. The van der Waals surface area contributed by atoms with Crippen molar-refractivity contribution in [2.45, 2.75) is 6.42 Å². The number of carbonyl (C=O) groups is 2. The molecule has 0 spiro atoms. The van der Waals surface area contributed by atoms with Crippen molar-refractivity contribution in [1.82, 2.24) is 0 Å². The molecule has 0 aliphatic heterocycles. The highest BCUT2D eigenvalue weighted by molar-refractivity contribution is 9.10. The second-order valence-electron chi connectivity index (χ2n) is 5.45. The smallest absolute Gasteiger partial charge is 0.307 e. The Kier molecular flexibility index (Phi) is 3.57. The van der Waals surface area contributed by atoms with Gasteiger partial charge in [0.2, 0.25) is 5.91 Å². The fourth-order valence-corrected chi connectivity index (χ4v) is 3.66. The van der Waals surface area contributed by atoms with Crippen LogP contribution in [0.4, 0.5) is 10.1 Å². The number of carboxylic acid groups (broad SMARTS) is 1. The summed E-state index contributed by atoms with van der Waals surface area (Å²) >= 11 is 3.14. The number of benzene rings is 1. The van der Waals surface area contributed by atoms with Gasteiger partial charge in [0, 0.05) is 4.47 Å². The Labute approximate surface area is 129 Å². The zero-order valence-electron chi connectivity index (χ0n) is 10.9. The Morgan fingerprint density at radius 1 is 1.24 bits per heavy atom. The van der Waals surface area contributed by atoms with Gasteiger partial charge in [0.15, 0.2) is 0 Å². The van der Waals surface area contributed by atoms with Crippen molar-refractivity contribution in [3.8, 4) is 0 Å². The monoisotopic (exact) mass is 353 g/mol. The predicted octanol–water partition coefficient (Wildman–Crippen LogP) is 3.05. The van der Waals surface area contributed by atoms with E-state index in [9.17, 15) is 19.1 Å². The number of anilines is 1. The summed E-state index contributed by atoms with van der Waals surface area (Å²) in [5, 5.41) is 11.8. The standard InChI is InChI=1S/C15H13BrFNO3/c16-9-3-4-11(10(17)6-9)18-14(19)12-7-1-2-8(5-7)13(12)15(20)21/h1-4,6-8,12-13H,5H2,(H,18,19)(H,20,21)/t7-,8+,12-,13-/m0/s1. The van der Waals surface area contributed by atoms with Crippen molar-refractivity contribution in [2.24, 2.45) is 23.7 Å². The Bertz CT molecular complexity index is 646. The first-order chi connectivity index (χ1) is 9.97. The van der Waals surface area contributed by atoms with E-state index in [0.29, 0.717) is 10.9 Å². The zero-order valence-corrected chi connectivity index (χ0v) is 12.5. The lowest BCUT2D eigenvalue weighted by Gasteiger charge is -2.23. The third-order valence-electron chi connectivity index (χ3n) is 4.24. The van der Waals surface area contributed by atoms with Crippen LogP contribution in [-0.4, -0.2) is 17.0 Å². The van der Waals surface area contributed by atoms with Crippen LogP contribution in [0.25, 0.3) is 0 Å². The van der Waals surface area contributed by atoms with Crippen LogP contribution in [0.5, 0.6) is 0 Å². The number of hydrogen-bond donors (Lipinski definition) is 2. The van der Waals surface area contributed by atoms with Gasteiger partial charge in [0.1, 0.15) is 5.82 Å². The predicted molar refractivity (Wildman–Crippen MR) is 78.1 cm³/mol. The van der Waals surface area contributed by atoms with E-state index in [1.165, 1.54) is 12.1 Å². The van der Waals surface area contributed by atoms with Crippen LogP contribution in [0.2, 0.25) is 0 Å². The van der Waals surface area contributed by atoms with Gasteiger partial charge in [-0.15, -0.1) is 0 Å². The molecule has 0 aromatic heterocycles. The van der Waals surface area contributed by atoms with E-state index in [1.807, 2.05) is 12.2 Å². The van der Waals surface area contributed by atoms with Gasteiger partial charge in [-0.1, -0.05) is 28.1 Å². The Hall–Kier alpha value is -1.69. The molecule has 0 radical (unpaired) electrons. The lowest BCUT2D eigenvalue weighted by Crippen LogP contribution is -2.36. The second kappa shape index (κ2) is 5.26. The number of allylic oxidation sites excluding steroid dienone is 2. The lowest BCUT2D eigenvalue weighted by atomic mass is 9.82. The molecule has 1 aromatic carbocycles. The molecule has 0 unspecified atom stereocenters. The van der Waals surface area contributed by atoms with Crippen LogP contribution in [0.3, 0.4) is 0 Å². The maximum absolute atomic E-state index is 13.8. The normalized spacial score (nSPS) is 29.6. The topological polar surface area (TPSA) is 66.4 Å². The minimum Gasteiger partial charge on any atom is -0.481 e. The fourth-order valence-electron chi connectivity index (χ4n) is 3.32. The highest BCUT2D eigenvalue weighted by atomic mass is 79.9. The lowest BCUT2D eigenvalue weighted by molar-refractivity contribution is -0.146. The third kappa shape index (κ3) is 2.48. The molecule has 4 atom stereocenters. The van der Waals surface area contributed by atoms with Gasteiger partial charge in [-0.25, -0.2) is 4.39 Å². The van der Waals surface area contributed by atoms with E-state index < -0.39 is 29.5 Å². The molecule has 2 N–H and O–H groups in total. The molecule has 21 heavy (non-hydrogen) atoms. The number of halogens is 2. The SMILES string of the molecule is O=C(O)[C@@H]1[C@@H](C(=O)Nc2ccc(Br)cc2F)[C@H]2C=C[C@@H]1C2. The van der Waals surface area contributed by atoms with E-state index >= 15 is 0 Å². The summed E-state index contributed by atoms with van der Waals surface area (Å²) in [5.41, 5.74) is 0.0686. The summed E-state index contributed by atoms with van der Waals surface area (Å²) in [4.78, 5) is 23.7. The average molecular weight is 354 g/mol. The molecule has 2 aliphatic carbocycles. The van der Waals surface area contributed by atoms with E-state index in [-0.39, 0.29) is 17.5 Å². The number of fused-ring (bicyclic) bond motifs is 2. The number of aliphatic carboxylic acids is 1. The van der Waals surface area contributed by atoms with Crippen molar-refractivity contribution in [3.63, 3.8) is 0 Å². The Morgan fingerprint density at radius 2 is 1.90 bits per heavy atom. The van der Waals surface area contributed by atoms with E-state index in [0.717, 1.165) is 0 Å². The molecule has 1 amide bonds. The Morgan fingerprint density at radius 3 is 2.52 bits per heavy atom. The first-order valence-electron chi connectivity index (χ1n) is 6.64. The van der Waals surface area contributed by atoms with Crippen LogP contribution in [-0.2, 0) is 9.59 Å². The van der Waals surface area contributed by atoms with Gasteiger partial charge in [0.05, 0.1) is 17.5 Å². The molecule has 4 nitrogen and oxygen atoms in total. The molecule has 1 fully saturated rings. The van der Waals surface area contributed by atoms with E-state index in [1.54, 1.807) is 6.07 Å². The van der Waals surface area contributed by atoms with Gasteiger partial charge in [0.25, 0.3) is 0 Å². The quantitative estimate of drug-likeness (QED) is 0.820. The molecule has 0 saturated heterocycles. The third-order valence-corrected chi connectivity index (χ3v) is 4.73. The molecule has 2 aliphatic rings. The largest absolute Gasteiger partial charge is 0.481 e. The summed E-state index contributed by atoms with van der Waals surface area (Å²) in [7, 11) is 0. The van der Waals surface area contributed by atoms with Gasteiger partial charge in [-0.2, -0.15) is 0 Å². The first-order valence-corrected chi connectivity index (χ1v) is 7.43. The average Bonchev–Trinajstić information content (AvgIpc) is 3.02. The highest BCUT2D eigenvalue weighted by Crippen LogP contribution is 2.48. The molecule has 3 rings (SSSR count). The van der Waals surface area contributed by atoms with Gasteiger partial charge < -0.3 is 10.4 Å². The molecule has 110 valence electrons. The minimum absolute atomic E-state index is 0.0686. The summed E-state index contributed by atoms with van der Waals surface area (Å²) in [6, 6.07) is 4.33. The Balaban J connectivity index is 1.82. The molecular formula is C15H13BrFNO3. The number of rotatable bonds is 3. The van der Waals surface area contributed by atoms with Crippen molar-refractivity contribution in [3.05, 3.63) is 40.6 Å². The van der Waals surface area contributed by atoms with E-state index in [2.05, 4.69) is 21.2 Å². The summed E-state index contributed by atoms with van der Waals surface area (Å²) in [6.45, 7) is 0. The zero-order chi connectivity index (χ0) is 15.1. The molecule has 2 bridgehead atoms. The van der Waals surface area contributed by atoms with Crippen molar-refractivity contribution in [2.75, 3.05) is 5.32 Å². The number of carbonyl (C=O) groups excluding carboxylic acids is 1. The van der Waals surface area contributed by atoms with Gasteiger partial charge in [-0.3, -0.25) is 9.59 Å². The molecule has 0 heterocycles. The molecule has 6 heteroatoms. The molecule has 1 aromatic rings. The maximum atomic E-state index is 13.8. The van der Waals surface area contributed by atoms with Crippen LogP contribution >= 0.6 is 15.9 Å². The van der Waals surface area contributed by atoms with E-state index in [4.69, 9.17) is 0 Å². The van der Waals surface area contributed by atoms with Crippen molar-refractivity contribution in [1.29, 1.82) is 0 Å². The number of amides is 1. The molecule has 1 saturated carbocycles. The van der Waals surface area contributed by atoms with Gasteiger partial charge in [-0.05, 0) is 36.5 Å². The number of carboxylic acids is 1. The van der Waals surface area contributed by atoms with Crippen LogP contribution in [0.1, 0.15) is 6.42 Å². The van der Waals surface area contributed by atoms with Crippen molar-refractivity contribution >= 4 is 33.5 Å². The summed E-state index contributed by atoms with van der Waals surface area (Å²) in [6.07, 6.45) is 4.44. The van der Waals surface area contributed by atoms with Crippen LogP contribution in [0, 0.1) is 29.5 Å². The fraction of sp³-hybridized carbons (Fsp3) is 0.333. The highest BCUT2D eigenvalue weighted by Gasteiger charge is 2.51. The van der Waals surface area contributed by atoms with Crippen molar-refractivity contribution < 1.29 is 19.1 Å². The first kappa shape index (κ1) is 14.3. The number of hydrogen-bond acceptors (Lipinski definition) is 2. The summed E-state index contributed by atoms with van der Waals surface area (Å²) < 4.78 is 14.3. The maximum Gasteiger partial charge on any atom is 0.307 e. The van der Waals surface area contributed by atoms with Crippen LogP contribution < -0.4 is 5.32 Å².